The number of carbonyl (C=O) groups is 1. The molecule has 0 bridgehead atoms. The van der Waals surface area contributed by atoms with E-state index in [1.54, 1.807) is 12.4 Å². The molecule has 6 heteroatoms. The maximum atomic E-state index is 11.7. The van der Waals surface area contributed by atoms with Gasteiger partial charge in [0.1, 0.15) is 5.82 Å². The van der Waals surface area contributed by atoms with E-state index in [0.29, 0.717) is 25.2 Å². The predicted octanol–water partition coefficient (Wildman–Crippen LogP) is 1.20. The fourth-order valence-corrected chi connectivity index (χ4v) is 1.85. The molecule has 6 nitrogen and oxygen atoms in total. The van der Waals surface area contributed by atoms with E-state index in [1.165, 1.54) is 0 Å². The fourth-order valence-electron chi connectivity index (χ4n) is 1.85. The molecule has 0 aliphatic carbocycles. The van der Waals surface area contributed by atoms with Gasteiger partial charge >= 0.3 is 0 Å². The van der Waals surface area contributed by atoms with Crippen molar-refractivity contribution in [3.05, 3.63) is 36.2 Å². The minimum absolute atomic E-state index is 0.0782. The number of H-pyrrole nitrogens is 1. The van der Waals surface area contributed by atoms with Crippen molar-refractivity contribution in [1.82, 2.24) is 15.3 Å². The molecule has 1 amide bonds. The standard InChI is InChI=1S/C14H19N5O/c1-2-16-14(20)11-7-12(19-9-11)10-3-5-17-13(8-10)18-6-4-15/h3,5,7-9,19H,2,4,6,15H2,1H3,(H,16,20)(H,17,18). The summed E-state index contributed by atoms with van der Waals surface area (Å²) in [7, 11) is 0. The van der Waals surface area contributed by atoms with Crippen molar-refractivity contribution in [3.8, 4) is 11.3 Å². The van der Waals surface area contributed by atoms with E-state index in [-0.39, 0.29) is 5.91 Å². The lowest BCUT2D eigenvalue weighted by Crippen LogP contribution is -2.21. The lowest BCUT2D eigenvalue weighted by molar-refractivity contribution is 0.0956. The van der Waals surface area contributed by atoms with Gasteiger partial charge in [-0.1, -0.05) is 0 Å². The Morgan fingerprint density at radius 2 is 2.30 bits per heavy atom. The van der Waals surface area contributed by atoms with Crippen LogP contribution in [0.5, 0.6) is 0 Å². The lowest BCUT2D eigenvalue weighted by Gasteiger charge is -2.05. The molecule has 20 heavy (non-hydrogen) atoms. The third-order valence-electron chi connectivity index (χ3n) is 2.80. The van der Waals surface area contributed by atoms with Crippen molar-refractivity contribution in [2.75, 3.05) is 25.0 Å². The second-order valence-corrected chi connectivity index (χ2v) is 4.31. The first-order chi connectivity index (χ1) is 9.74. The number of nitrogens with two attached hydrogens (primary N) is 1. The fraction of sp³-hybridized carbons (Fsp3) is 0.286. The first-order valence-corrected chi connectivity index (χ1v) is 6.61. The third kappa shape index (κ3) is 3.36. The highest BCUT2D eigenvalue weighted by Crippen LogP contribution is 2.20. The number of aromatic nitrogens is 2. The molecule has 5 N–H and O–H groups in total. The van der Waals surface area contributed by atoms with Gasteiger partial charge in [-0.2, -0.15) is 0 Å². The van der Waals surface area contributed by atoms with Crippen molar-refractivity contribution in [2.45, 2.75) is 6.92 Å². The maximum absolute atomic E-state index is 11.7. The summed E-state index contributed by atoms with van der Waals surface area (Å²) < 4.78 is 0. The van der Waals surface area contributed by atoms with Crippen molar-refractivity contribution in [1.29, 1.82) is 0 Å². The van der Waals surface area contributed by atoms with Crippen molar-refractivity contribution in [2.24, 2.45) is 5.73 Å². The number of rotatable bonds is 6. The lowest BCUT2D eigenvalue weighted by atomic mass is 10.2. The van der Waals surface area contributed by atoms with E-state index in [4.69, 9.17) is 5.73 Å². The third-order valence-corrected chi connectivity index (χ3v) is 2.80. The van der Waals surface area contributed by atoms with Crippen LogP contribution in [0.3, 0.4) is 0 Å². The molecule has 0 unspecified atom stereocenters. The normalized spacial score (nSPS) is 10.3. The van der Waals surface area contributed by atoms with Crippen LogP contribution in [0.4, 0.5) is 5.82 Å². The smallest absolute Gasteiger partial charge is 0.252 e. The molecule has 0 aliphatic heterocycles. The summed E-state index contributed by atoms with van der Waals surface area (Å²) in [5.41, 5.74) is 7.92. The monoisotopic (exact) mass is 273 g/mol. The minimum Gasteiger partial charge on any atom is -0.369 e. The molecule has 0 aromatic carbocycles. The zero-order chi connectivity index (χ0) is 14.4. The highest BCUT2D eigenvalue weighted by molar-refractivity contribution is 5.95. The highest BCUT2D eigenvalue weighted by atomic mass is 16.1. The number of hydrogen-bond acceptors (Lipinski definition) is 4. The average Bonchev–Trinajstić information content (AvgIpc) is 2.95. The number of nitrogens with one attached hydrogen (secondary N) is 3. The number of hydrogen-bond donors (Lipinski definition) is 4. The SMILES string of the molecule is CCNC(=O)c1c[nH]c(-c2ccnc(NCCN)c2)c1. The average molecular weight is 273 g/mol. The molecule has 0 atom stereocenters. The summed E-state index contributed by atoms with van der Waals surface area (Å²) >= 11 is 0. The van der Waals surface area contributed by atoms with E-state index >= 15 is 0 Å². The van der Waals surface area contributed by atoms with Gasteiger partial charge in [0.05, 0.1) is 5.56 Å². The van der Waals surface area contributed by atoms with Crippen LogP contribution in [0.1, 0.15) is 17.3 Å². The van der Waals surface area contributed by atoms with Crippen molar-refractivity contribution in [3.63, 3.8) is 0 Å². The van der Waals surface area contributed by atoms with Crippen LogP contribution in [0, 0.1) is 0 Å². The van der Waals surface area contributed by atoms with Crippen molar-refractivity contribution >= 4 is 11.7 Å². The van der Waals surface area contributed by atoms with Crippen LogP contribution in [-0.4, -0.2) is 35.5 Å². The zero-order valence-electron chi connectivity index (χ0n) is 11.4. The predicted molar refractivity (Wildman–Crippen MR) is 79.6 cm³/mol. The molecule has 2 aromatic heterocycles. The molecule has 2 rings (SSSR count). The highest BCUT2D eigenvalue weighted by Gasteiger charge is 2.08. The molecule has 0 saturated carbocycles. The van der Waals surface area contributed by atoms with E-state index in [0.717, 1.165) is 17.1 Å². The maximum Gasteiger partial charge on any atom is 0.252 e. The van der Waals surface area contributed by atoms with Crippen LogP contribution in [0.25, 0.3) is 11.3 Å². The number of pyridine rings is 1. The second kappa shape index (κ2) is 6.72. The van der Waals surface area contributed by atoms with Crippen LogP contribution >= 0.6 is 0 Å². The van der Waals surface area contributed by atoms with Gasteiger partial charge in [0.2, 0.25) is 0 Å². The van der Waals surface area contributed by atoms with Gasteiger partial charge in [-0.3, -0.25) is 4.79 Å². The Morgan fingerprint density at radius 3 is 3.05 bits per heavy atom. The molecule has 0 spiro atoms. The zero-order valence-corrected chi connectivity index (χ0v) is 11.4. The molecule has 2 aromatic rings. The Morgan fingerprint density at radius 1 is 1.45 bits per heavy atom. The molecule has 2 heterocycles. The molecule has 0 radical (unpaired) electrons. The van der Waals surface area contributed by atoms with Gasteiger partial charge in [0, 0.05) is 43.3 Å². The Balaban J connectivity index is 2.17. The summed E-state index contributed by atoms with van der Waals surface area (Å²) in [6.07, 6.45) is 3.43. The molecule has 0 saturated heterocycles. The van der Waals surface area contributed by atoms with Gasteiger partial charge < -0.3 is 21.4 Å². The van der Waals surface area contributed by atoms with Gasteiger partial charge in [-0.25, -0.2) is 4.98 Å². The van der Waals surface area contributed by atoms with Gasteiger partial charge in [0.15, 0.2) is 0 Å². The number of aromatic amines is 1. The summed E-state index contributed by atoms with van der Waals surface area (Å²) in [6, 6.07) is 5.64. The van der Waals surface area contributed by atoms with Gasteiger partial charge in [-0.05, 0) is 25.1 Å². The van der Waals surface area contributed by atoms with E-state index in [9.17, 15) is 4.79 Å². The number of anilines is 1. The van der Waals surface area contributed by atoms with Gasteiger partial charge in [-0.15, -0.1) is 0 Å². The Hall–Kier alpha value is -2.34. The number of nitrogens with zero attached hydrogens (tertiary/aromatic N) is 1. The Labute approximate surface area is 117 Å². The summed E-state index contributed by atoms with van der Waals surface area (Å²) in [5, 5.41) is 5.89. The summed E-state index contributed by atoms with van der Waals surface area (Å²) in [5.74, 6) is 0.688. The van der Waals surface area contributed by atoms with Crippen LogP contribution in [0.15, 0.2) is 30.6 Å². The Kier molecular flexibility index (Phi) is 4.73. The number of amides is 1. The largest absolute Gasteiger partial charge is 0.369 e. The first kappa shape index (κ1) is 14.1. The minimum atomic E-state index is -0.0782. The van der Waals surface area contributed by atoms with E-state index < -0.39 is 0 Å². The molecule has 106 valence electrons. The number of carbonyl (C=O) groups excluding carboxylic acids is 1. The quantitative estimate of drug-likeness (QED) is 0.636. The van der Waals surface area contributed by atoms with Crippen LogP contribution in [0.2, 0.25) is 0 Å². The molecular formula is C14H19N5O. The van der Waals surface area contributed by atoms with Crippen molar-refractivity contribution < 1.29 is 4.79 Å². The summed E-state index contributed by atoms with van der Waals surface area (Å²) in [6.45, 7) is 3.73. The topological polar surface area (TPSA) is 95.8 Å². The van der Waals surface area contributed by atoms with Crippen LogP contribution in [-0.2, 0) is 0 Å². The van der Waals surface area contributed by atoms with Crippen LogP contribution < -0.4 is 16.4 Å². The molecule has 0 fully saturated rings. The molecular weight excluding hydrogens is 254 g/mol. The summed E-state index contributed by atoms with van der Waals surface area (Å²) in [4.78, 5) is 19.0. The van der Waals surface area contributed by atoms with E-state index in [1.807, 2.05) is 25.1 Å². The molecule has 0 aliphatic rings. The van der Waals surface area contributed by atoms with E-state index in [2.05, 4.69) is 20.6 Å². The Bertz CT molecular complexity index is 578. The van der Waals surface area contributed by atoms with Gasteiger partial charge in [0.25, 0.3) is 5.91 Å². The second-order valence-electron chi connectivity index (χ2n) is 4.31. The first-order valence-electron chi connectivity index (χ1n) is 6.61.